The number of methoxy groups -OCH3 is 1. The van der Waals surface area contributed by atoms with Gasteiger partial charge in [-0.15, -0.1) is 0 Å². The van der Waals surface area contributed by atoms with E-state index in [-0.39, 0.29) is 0 Å². The molecular weight excluding hydrogens is 252 g/mol. The van der Waals surface area contributed by atoms with Crippen LogP contribution < -0.4 is 10.6 Å². The van der Waals surface area contributed by atoms with Crippen LogP contribution >= 0.6 is 0 Å². The van der Waals surface area contributed by atoms with Crippen molar-refractivity contribution in [1.29, 1.82) is 0 Å². The summed E-state index contributed by atoms with van der Waals surface area (Å²) in [5, 5.41) is 6.85. The predicted octanol–water partition coefficient (Wildman–Crippen LogP) is 1.06. The molecule has 1 unspecified atom stereocenters. The highest BCUT2D eigenvalue weighted by atomic mass is 16.5. The van der Waals surface area contributed by atoms with Crippen LogP contribution in [-0.4, -0.2) is 63.3 Å². The fourth-order valence-corrected chi connectivity index (χ4v) is 2.71. The zero-order valence-corrected chi connectivity index (χ0v) is 13.0. The zero-order chi connectivity index (χ0) is 14.2. The van der Waals surface area contributed by atoms with Gasteiger partial charge < -0.3 is 15.4 Å². The Kier molecular flexibility index (Phi) is 6.60. The Hall–Kier alpha value is -0.810. The molecule has 1 saturated carbocycles. The second-order valence-corrected chi connectivity index (χ2v) is 5.87. The van der Waals surface area contributed by atoms with Crippen molar-refractivity contribution < 1.29 is 4.74 Å². The number of guanidine groups is 1. The van der Waals surface area contributed by atoms with Crippen molar-refractivity contribution in [3.05, 3.63) is 0 Å². The highest BCUT2D eigenvalue weighted by Gasteiger charge is 2.24. The van der Waals surface area contributed by atoms with E-state index < -0.39 is 0 Å². The first-order chi connectivity index (χ1) is 9.83. The van der Waals surface area contributed by atoms with Crippen molar-refractivity contribution in [3.63, 3.8) is 0 Å². The van der Waals surface area contributed by atoms with Gasteiger partial charge in [0.05, 0.1) is 6.61 Å². The number of aliphatic imine (C=N–C) groups is 1. The molecule has 1 saturated heterocycles. The number of likely N-dealkylation sites (tertiary alicyclic amines) is 1. The molecule has 2 rings (SSSR count). The van der Waals surface area contributed by atoms with Crippen LogP contribution in [0.2, 0.25) is 0 Å². The third-order valence-electron chi connectivity index (χ3n) is 4.14. The number of rotatable bonds is 8. The highest BCUT2D eigenvalue weighted by Crippen LogP contribution is 2.28. The predicted molar refractivity (Wildman–Crippen MR) is 83.2 cm³/mol. The molecular formula is C15H30N4O. The van der Waals surface area contributed by atoms with Gasteiger partial charge in [-0.3, -0.25) is 9.89 Å². The molecule has 0 aromatic rings. The monoisotopic (exact) mass is 282 g/mol. The first-order valence-electron chi connectivity index (χ1n) is 8.08. The molecule has 0 amide bonds. The van der Waals surface area contributed by atoms with E-state index in [0.717, 1.165) is 44.7 Å². The SMILES string of the molecule is CCNC(=NCC1CC1)NCC1CCCN1CCOC. The van der Waals surface area contributed by atoms with Gasteiger partial charge in [0.2, 0.25) is 0 Å². The molecule has 0 aromatic carbocycles. The van der Waals surface area contributed by atoms with E-state index in [1.807, 2.05) is 0 Å². The molecule has 0 bridgehead atoms. The standard InChI is InChI=1S/C15H30N4O/c1-3-16-15(17-11-13-6-7-13)18-12-14-5-4-8-19(14)9-10-20-2/h13-14H,3-12H2,1-2H3,(H2,16,17,18). The summed E-state index contributed by atoms with van der Waals surface area (Å²) in [4.78, 5) is 7.20. The van der Waals surface area contributed by atoms with Crippen molar-refractivity contribution in [1.82, 2.24) is 15.5 Å². The minimum absolute atomic E-state index is 0.620. The largest absolute Gasteiger partial charge is 0.383 e. The topological polar surface area (TPSA) is 48.9 Å². The van der Waals surface area contributed by atoms with Crippen molar-refractivity contribution >= 4 is 5.96 Å². The van der Waals surface area contributed by atoms with E-state index >= 15 is 0 Å². The van der Waals surface area contributed by atoms with Gasteiger partial charge in [-0.05, 0) is 45.1 Å². The third-order valence-corrected chi connectivity index (χ3v) is 4.14. The van der Waals surface area contributed by atoms with Crippen LogP contribution in [0.4, 0.5) is 0 Å². The lowest BCUT2D eigenvalue weighted by atomic mass is 10.2. The molecule has 1 aliphatic heterocycles. The second kappa shape index (κ2) is 8.47. The Morgan fingerprint density at radius 2 is 2.15 bits per heavy atom. The van der Waals surface area contributed by atoms with E-state index in [4.69, 9.17) is 4.74 Å². The normalized spacial score (nSPS) is 24.1. The summed E-state index contributed by atoms with van der Waals surface area (Å²) in [5.74, 6) is 1.83. The molecule has 0 radical (unpaired) electrons. The second-order valence-electron chi connectivity index (χ2n) is 5.87. The lowest BCUT2D eigenvalue weighted by Crippen LogP contribution is -2.45. The average molecular weight is 282 g/mol. The van der Waals surface area contributed by atoms with Crippen LogP contribution in [0.25, 0.3) is 0 Å². The summed E-state index contributed by atoms with van der Waals surface area (Å²) in [6, 6.07) is 0.620. The fraction of sp³-hybridized carbons (Fsp3) is 0.933. The maximum absolute atomic E-state index is 5.19. The summed E-state index contributed by atoms with van der Waals surface area (Å²) < 4.78 is 5.19. The van der Waals surface area contributed by atoms with Gasteiger partial charge in [0.1, 0.15) is 0 Å². The smallest absolute Gasteiger partial charge is 0.191 e. The van der Waals surface area contributed by atoms with E-state index in [9.17, 15) is 0 Å². The van der Waals surface area contributed by atoms with E-state index in [2.05, 4.69) is 27.4 Å². The first-order valence-corrected chi connectivity index (χ1v) is 8.08. The Labute approximate surface area is 123 Å². The van der Waals surface area contributed by atoms with Gasteiger partial charge in [0.25, 0.3) is 0 Å². The number of hydrogen-bond acceptors (Lipinski definition) is 3. The van der Waals surface area contributed by atoms with Gasteiger partial charge in [0, 0.05) is 39.3 Å². The number of hydrogen-bond donors (Lipinski definition) is 2. The van der Waals surface area contributed by atoms with Crippen LogP contribution in [0.1, 0.15) is 32.6 Å². The summed E-state index contributed by atoms with van der Waals surface area (Å²) in [5.41, 5.74) is 0. The molecule has 1 atom stereocenters. The molecule has 116 valence electrons. The Bertz CT molecular complexity index is 304. The van der Waals surface area contributed by atoms with Gasteiger partial charge >= 0.3 is 0 Å². The van der Waals surface area contributed by atoms with Gasteiger partial charge in [0.15, 0.2) is 5.96 Å². The lowest BCUT2D eigenvalue weighted by Gasteiger charge is -2.25. The maximum atomic E-state index is 5.19. The first kappa shape index (κ1) is 15.6. The lowest BCUT2D eigenvalue weighted by molar-refractivity contribution is 0.141. The zero-order valence-electron chi connectivity index (χ0n) is 13.0. The average Bonchev–Trinajstić information content (AvgIpc) is 3.18. The van der Waals surface area contributed by atoms with Gasteiger partial charge in [-0.25, -0.2) is 0 Å². The molecule has 1 heterocycles. The molecule has 2 fully saturated rings. The minimum Gasteiger partial charge on any atom is -0.383 e. The molecule has 5 heteroatoms. The maximum Gasteiger partial charge on any atom is 0.191 e. The van der Waals surface area contributed by atoms with Gasteiger partial charge in [-0.2, -0.15) is 0 Å². The Balaban J connectivity index is 1.73. The van der Waals surface area contributed by atoms with Crippen LogP contribution in [0.3, 0.4) is 0 Å². The van der Waals surface area contributed by atoms with Crippen molar-refractivity contribution in [3.8, 4) is 0 Å². The summed E-state index contributed by atoms with van der Waals surface area (Å²) >= 11 is 0. The summed E-state index contributed by atoms with van der Waals surface area (Å²) in [6.45, 7) is 8.08. The third kappa shape index (κ3) is 5.29. The molecule has 2 N–H and O–H groups in total. The van der Waals surface area contributed by atoms with Crippen molar-refractivity contribution in [2.24, 2.45) is 10.9 Å². The molecule has 20 heavy (non-hydrogen) atoms. The van der Waals surface area contributed by atoms with Crippen LogP contribution in [0.15, 0.2) is 4.99 Å². The molecule has 1 aliphatic carbocycles. The number of nitrogens with zero attached hydrogens (tertiary/aromatic N) is 2. The summed E-state index contributed by atoms with van der Waals surface area (Å²) in [7, 11) is 1.77. The number of ether oxygens (including phenoxy) is 1. The quantitative estimate of drug-likeness (QED) is 0.516. The van der Waals surface area contributed by atoms with Crippen LogP contribution in [-0.2, 0) is 4.74 Å². The molecule has 0 aromatic heterocycles. The Morgan fingerprint density at radius 3 is 2.85 bits per heavy atom. The number of nitrogens with one attached hydrogen (secondary N) is 2. The van der Waals surface area contributed by atoms with E-state index in [1.165, 1.54) is 32.2 Å². The van der Waals surface area contributed by atoms with E-state index in [1.54, 1.807) is 7.11 Å². The van der Waals surface area contributed by atoms with Crippen LogP contribution in [0.5, 0.6) is 0 Å². The Morgan fingerprint density at radius 1 is 1.30 bits per heavy atom. The van der Waals surface area contributed by atoms with Crippen molar-refractivity contribution in [2.75, 3.05) is 46.4 Å². The minimum atomic E-state index is 0.620. The highest BCUT2D eigenvalue weighted by molar-refractivity contribution is 5.79. The fourth-order valence-electron chi connectivity index (χ4n) is 2.71. The molecule has 2 aliphatic rings. The van der Waals surface area contributed by atoms with E-state index in [0.29, 0.717) is 6.04 Å². The van der Waals surface area contributed by atoms with Crippen molar-refractivity contribution in [2.45, 2.75) is 38.6 Å². The van der Waals surface area contributed by atoms with Gasteiger partial charge in [-0.1, -0.05) is 0 Å². The summed E-state index contributed by atoms with van der Waals surface area (Å²) in [6.07, 6.45) is 5.29. The van der Waals surface area contributed by atoms with Crippen LogP contribution in [0, 0.1) is 5.92 Å². The molecule has 0 spiro atoms. The molecule has 5 nitrogen and oxygen atoms in total.